The molecule has 2 aliphatic heterocycles. The highest BCUT2D eigenvalue weighted by atomic mass is 32.2. The SMILES string of the molecule is CC1=NOC2(CCS(=O)(=O)CC2)C1. The summed E-state index contributed by atoms with van der Waals surface area (Å²) in [6.45, 7) is 1.91. The molecule has 1 spiro atoms. The second kappa shape index (κ2) is 2.70. The summed E-state index contributed by atoms with van der Waals surface area (Å²) in [5, 5.41) is 3.88. The fourth-order valence-corrected chi connectivity index (χ4v) is 3.45. The van der Waals surface area contributed by atoms with Crippen molar-refractivity contribution in [3.8, 4) is 0 Å². The van der Waals surface area contributed by atoms with Crippen LogP contribution in [0, 0.1) is 0 Å². The van der Waals surface area contributed by atoms with Crippen molar-refractivity contribution in [1.29, 1.82) is 0 Å². The minimum absolute atomic E-state index is 0.246. The van der Waals surface area contributed by atoms with Crippen LogP contribution in [-0.4, -0.2) is 31.2 Å². The Morgan fingerprint density at radius 3 is 2.46 bits per heavy atom. The molecule has 0 unspecified atom stereocenters. The number of hydrogen-bond donors (Lipinski definition) is 0. The van der Waals surface area contributed by atoms with Crippen molar-refractivity contribution in [1.82, 2.24) is 0 Å². The quantitative estimate of drug-likeness (QED) is 0.583. The summed E-state index contributed by atoms with van der Waals surface area (Å²) in [5.41, 5.74) is 0.689. The van der Waals surface area contributed by atoms with E-state index in [2.05, 4.69) is 5.16 Å². The van der Waals surface area contributed by atoms with Gasteiger partial charge >= 0.3 is 0 Å². The standard InChI is InChI=1S/C8H13NO3S/c1-7-6-8(12-9-7)2-4-13(10,11)5-3-8/h2-6H2,1H3. The van der Waals surface area contributed by atoms with E-state index in [-0.39, 0.29) is 17.1 Å². The van der Waals surface area contributed by atoms with Crippen molar-refractivity contribution < 1.29 is 13.3 Å². The lowest BCUT2D eigenvalue weighted by molar-refractivity contribution is -0.0256. The van der Waals surface area contributed by atoms with Gasteiger partial charge in [0.1, 0.15) is 5.60 Å². The van der Waals surface area contributed by atoms with Gasteiger partial charge in [0.15, 0.2) is 9.84 Å². The Hall–Kier alpha value is -0.580. The monoisotopic (exact) mass is 203 g/mol. The molecule has 0 bridgehead atoms. The number of oxime groups is 1. The molecule has 4 nitrogen and oxygen atoms in total. The van der Waals surface area contributed by atoms with Crippen molar-refractivity contribution in [2.24, 2.45) is 5.16 Å². The van der Waals surface area contributed by atoms with Gasteiger partial charge in [-0.15, -0.1) is 0 Å². The highest BCUT2D eigenvalue weighted by Gasteiger charge is 2.42. The lowest BCUT2D eigenvalue weighted by atomic mass is 9.92. The maximum Gasteiger partial charge on any atom is 0.150 e. The molecule has 0 aliphatic carbocycles. The van der Waals surface area contributed by atoms with E-state index >= 15 is 0 Å². The molecule has 2 rings (SSSR count). The van der Waals surface area contributed by atoms with Gasteiger partial charge in [0.25, 0.3) is 0 Å². The Morgan fingerprint density at radius 2 is 2.00 bits per heavy atom. The van der Waals surface area contributed by atoms with Crippen molar-refractivity contribution in [2.45, 2.75) is 31.8 Å². The molecule has 0 aromatic rings. The van der Waals surface area contributed by atoms with Crippen molar-refractivity contribution >= 4 is 15.5 Å². The van der Waals surface area contributed by atoms with E-state index in [0.717, 1.165) is 12.1 Å². The lowest BCUT2D eigenvalue weighted by Gasteiger charge is -2.30. The van der Waals surface area contributed by atoms with Crippen LogP contribution in [0.3, 0.4) is 0 Å². The molecule has 2 heterocycles. The van der Waals surface area contributed by atoms with Gasteiger partial charge in [-0.05, 0) is 6.92 Å². The molecule has 0 aromatic heterocycles. The largest absolute Gasteiger partial charge is 0.389 e. The summed E-state index contributed by atoms with van der Waals surface area (Å²) in [6.07, 6.45) is 1.98. The Labute approximate surface area is 77.9 Å². The van der Waals surface area contributed by atoms with Crippen LogP contribution >= 0.6 is 0 Å². The van der Waals surface area contributed by atoms with Gasteiger partial charge in [0.2, 0.25) is 0 Å². The van der Waals surface area contributed by atoms with Crippen molar-refractivity contribution in [3.63, 3.8) is 0 Å². The number of nitrogens with zero attached hydrogens (tertiary/aromatic N) is 1. The molecular weight excluding hydrogens is 190 g/mol. The molecule has 2 aliphatic rings. The average molecular weight is 203 g/mol. The zero-order chi connectivity index (χ0) is 9.53. The normalized spacial score (nSPS) is 29.8. The van der Waals surface area contributed by atoms with E-state index in [4.69, 9.17) is 4.84 Å². The highest BCUT2D eigenvalue weighted by molar-refractivity contribution is 7.91. The van der Waals surface area contributed by atoms with Crippen LogP contribution in [0.4, 0.5) is 0 Å². The minimum Gasteiger partial charge on any atom is -0.389 e. The smallest absolute Gasteiger partial charge is 0.150 e. The van der Waals surface area contributed by atoms with Gasteiger partial charge in [-0.25, -0.2) is 8.42 Å². The van der Waals surface area contributed by atoms with Gasteiger partial charge in [0.05, 0.1) is 17.2 Å². The van der Waals surface area contributed by atoms with Gasteiger partial charge in [-0.2, -0.15) is 0 Å². The van der Waals surface area contributed by atoms with Crippen LogP contribution in [-0.2, 0) is 14.7 Å². The van der Waals surface area contributed by atoms with E-state index in [1.54, 1.807) is 0 Å². The summed E-state index contributed by atoms with van der Waals surface area (Å²) in [5.74, 6) is 0.492. The predicted octanol–water partition coefficient (Wildman–Crippen LogP) is 0.730. The number of sulfone groups is 1. The summed E-state index contributed by atoms with van der Waals surface area (Å²) in [6, 6.07) is 0. The van der Waals surface area contributed by atoms with E-state index in [0.29, 0.717) is 12.8 Å². The summed E-state index contributed by atoms with van der Waals surface area (Å²) >= 11 is 0. The molecular formula is C8H13NO3S. The fraction of sp³-hybridized carbons (Fsp3) is 0.875. The molecule has 0 atom stereocenters. The Balaban J connectivity index is 2.07. The molecule has 0 radical (unpaired) electrons. The van der Waals surface area contributed by atoms with Gasteiger partial charge in [-0.3, -0.25) is 0 Å². The van der Waals surface area contributed by atoms with Gasteiger partial charge in [-0.1, -0.05) is 5.16 Å². The second-order valence-corrected chi connectivity index (χ2v) is 6.23. The summed E-state index contributed by atoms with van der Waals surface area (Å²) in [7, 11) is -2.79. The lowest BCUT2D eigenvalue weighted by Crippen LogP contribution is -2.39. The van der Waals surface area contributed by atoms with Crippen molar-refractivity contribution in [2.75, 3.05) is 11.5 Å². The van der Waals surface area contributed by atoms with Crippen molar-refractivity contribution in [3.05, 3.63) is 0 Å². The van der Waals surface area contributed by atoms with Gasteiger partial charge in [0, 0.05) is 19.3 Å². The van der Waals surface area contributed by atoms with E-state index < -0.39 is 9.84 Å². The average Bonchev–Trinajstić information content (AvgIpc) is 2.41. The van der Waals surface area contributed by atoms with Crippen LogP contribution < -0.4 is 0 Å². The van der Waals surface area contributed by atoms with Crippen LogP contribution in [0.25, 0.3) is 0 Å². The topological polar surface area (TPSA) is 55.7 Å². The first-order chi connectivity index (χ1) is 6.02. The van der Waals surface area contributed by atoms with E-state index in [1.165, 1.54) is 0 Å². The molecule has 74 valence electrons. The fourth-order valence-electron chi connectivity index (χ4n) is 1.88. The third-order valence-corrected chi connectivity index (χ3v) is 4.36. The van der Waals surface area contributed by atoms with Crippen LogP contribution in [0.2, 0.25) is 0 Å². The molecule has 0 N–H and O–H groups in total. The summed E-state index contributed by atoms with van der Waals surface area (Å²) in [4.78, 5) is 5.31. The number of rotatable bonds is 0. The molecule has 0 saturated carbocycles. The van der Waals surface area contributed by atoms with Crippen LogP contribution in [0.1, 0.15) is 26.2 Å². The molecule has 13 heavy (non-hydrogen) atoms. The Bertz CT molecular complexity index is 330. The predicted molar refractivity (Wildman–Crippen MR) is 49.4 cm³/mol. The van der Waals surface area contributed by atoms with E-state index in [9.17, 15) is 8.42 Å². The molecule has 0 amide bonds. The van der Waals surface area contributed by atoms with Gasteiger partial charge < -0.3 is 4.84 Å². The first-order valence-electron chi connectivity index (χ1n) is 4.44. The first-order valence-corrected chi connectivity index (χ1v) is 6.26. The Morgan fingerprint density at radius 1 is 1.38 bits per heavy atom. The van der Waals surface area contributed by atoms with Crippen LogP contribution in [0.15, 0.2) is 5.16 Å². The maximum atomic E-state index is 11.2. The highest BCUT2D eigenvalue weighted by Crippen LogP contribution is 2.35. The molecule has 0 aromatic carbocycles. The zero-order valence-electron chi connectivity index (χ0n) is 7.62. The second-order valence-electron chi connectivity index (χ2n) is 3.93. The molecule has 1 fully saturated rings. The summed E-state index contributed by atoms with van der Waals surface area (Å²) < 4.78 is 22.4. The maximum absolute atomic E-state index is 11.2. The van der Waals surface area contributed by atoms with E-state index in [1.807, 2.05) is 6.92 Å². The number of hydrogen-bond acceptors (Lipinski definition) is 4. The molecule has 5 heteroatoms. The third-order valence-electron chi connectivity index (χ3n) is 2.71. The van der Waals surface area contributed by atoms with Crippen LogP contribution in [0.5, 0.6) is 0 Å². The molecule has 1 saturated heterocycles. The zero-order valence-corrected chi connectivity index (χ0v) is 8.43. The third kappa shape index (κ3) is 1.70. The minimum atomic E-state index is -2.79. The first kappa shape index (κ1) is 8.99. The Kier molecular flexibility index (Phi) is 1.87.